The summed E-state index contributed by atoms with van der Waals surface area (Å²) in [6.07, 6.45) is 1.83. The van der Waals surface area contributed by atoms with E-state index in [9.17, 15) is 4.79 Å². The van der Waals surface area contributed by atoms with Crippen LogP contribution in [-0.4, -0.2) is 23.2 Å². The van der Waals surface area contributed by atoms with Crippen LogP contribution in [0.3, 0.4) is 0 Å². The number of ether oxygens (including phenoxy) is 1. The Morgan fingerprint density at radius 1 is 1.53 bits per heavy atom. The molecule has 0 unspecified atom stereocenters. The van der Waals surface area contributed by atoms with Crippen LogP contribution in [0.4, 0.5) is 5.69 Å². The number of halogens is 1. The van der Waals surface area contributed by atoms with Crippen molar-refractivity contribution in [2.24, 2.45) is 0 Å². The van der Waals surface area contributed by atoms with Crippen LogP contribution in [0.2, 0.25) is 5.02 Å². The van der Waals surface area contributed by atoms with Gasteiger partial charge in [0.2, 0.25) is 5.91 Å². The number of H-pyrrole nitrogens is 1. The van der Waals surface area contributed by atoms with E-state index in [-0.39, 0.29) is 12.3 Å². The standard InChI is InChI=1S/C13H14ClN3O2/c1-8-5-11(12(19-2)7-10(8)14)16-13(18)6-9-3-4-15-17-9/h3-5,7H,6H2,1-2H3,(H,15,17)(H,16,18). The van der Waals surface area contributed by atoms with Crippen molar-refractivity contribution in [2.45, 2.75) is 13.3 Å². The summed E-state index contributed by atoms with van der Waals surface area (Å²) in [6.45, 7) is 1.87. The van der Waals surface area contributed by atoms with Crippen LogP contribution < -0.4 is 10.1 Å². The molecule has 1 aromatic carbocycles. The molecule has 0 aliphatic carbocycles. The number of hydrogen-bond acceptors (Lipinski definition) is 3. The van der Waals surface area contributed by atoms with Crippen molar-refractivity contribution < 1.29 is 9.53 Å². The van der Waals surface area contributed by atoms with Gasteiger partial charge < -0.3 is 10.1 Å². The lowest BCUT2D eigenvalue weighted by molar-refractivity contribution is -0.115. The number of methoxy groups -OCH3 is 1. The molecule has 1 heterocycles. The molecular formula is C13H14ClN3O2. The van der Waals surface area contributed by atoms with Crippen LogP contribution in [0.1, 0.15) is 11.3 Å². The molecule has 1 aromatic heterocycles. The summed E-state index contributed by atoms with van der Waals surface area (Å²) in [4.78, 5) is 11.9. The topological polar surface area (TPSA) is 67.0 Å². The van der Waals surface area contributed by atoms with Crippen LogP contribution >= 0.6 is 11.6 Å². The molecule has 5 nitrogen and oxygen atoms in total. The molecule has 6 heteroatoms. The number of benzene rings is 1. The number of aromatic nitrogens is 2. The minimum Gasteiger partial charge on any atom is -0.495 e. The molecule has 0 spiro atoms. The number of carbonyl (C=O) groups excluding carboxylic acids is 1. The molecule has 2 aromatic rings. The predicted octanol–water partition coefficient (Wildman–Crippen LogP) is 2.56. The number of aryl methyl sites for hydroxylation is 1. The van der Waals surface area contributed by atoms with Gasteiger partial charge in [-0.25, -0.2) is 0 Å². The highest BCUT2D eigenvalue weighted by atomic mass is 35.5. The lowest BCUT2D eigenvalue weighted by atomic mass is 10.2. The smallest absolute Gasteiger partial charge is 0.230 e. The number of anilines is 1. The number of nitrogens with zero attached hydrogens (tertiary/aromatic N) is 1. The van der Waals surface area contributed by atoms with Crippen molar-refractivity contribution in [3.8, 4) is 5.75 Å². The second kappa shape index (κ2) is 5.75. The summed E-state index contributed by atoms with van der Waals surface area (Å²) in [5.74, 6) is 0.387. The monoisotopic (exact) mass is 279 g/mol. The lowest BCUT2D eigenvalue weighted by Crippen LogP contribution is -2.15. The Labute approximate surface area is 115 Å². The molecule has 0 aliphatic heterocycles. The molecule has 1 amide bonds. The van der Waals surface area contributed by atoms with Gasteiger partial charge in [-0.1, -0.05) is 11.6 Å². The van der Waals surface area contributed by atoms with Crippen molar-refractivity contribution >= 4 is 23.2 Å². The van der Waals surface area contributed by atoms with Crippen LogP contribution in [-0.2, 0) is 11.2 Å². The maximum atomic E-state index is 11.9. The van der Waals surface area contributed by atoms with E-state index >= 15 is 0 Å². The molecule has 2 rings (SSSR count). The van der Waals surface area contributed by atoms with Gasteiger partial charge in [0, 0.05) is 23.0 Å². The second-order valence-corrected chi connectivity index (χ2v) is 4.52. The second-order valence-electron chi connectivity index (χ2n) is 4.11. The summed E-state index contributed by atoms with van der Waals surface area (Å²) >= 11 is 6.01. The van der Waals surface area contributed by atoms with Gasteiger partial charge in [-0.05, 0) is 24.6 Å². The maximum absolute atomic E-state index is 11.9. The van der Waals surface area contributed by atoms with Gasteiger partial charge in [-0.15, -0.1) is 0 Å². The van der Waals surface area contributed by atoms with Crippen LogP contribution in [0.25, 0.3) is 0 Å². The number of carbonyl (C=O) groups is 1. The summed E-state index contributed by atoms with van der Waals surface area (Å²) < 4.78 is 5.20. The molecule has 0 saturated heterocycles. The molecule has 0 atom stereocenters. The minimum atomic E-state index is -0.149. The zero-order valence-corrected chi connectivity index (χ0v) is 11.4. The van der Waals surface area contributed by atoms with Crippen LogP contribution in [0.5, 0.6) is 5.75 Å². The van der Waals surface area contributed by atoms with Crippen molar-refractivity contribution in [3.05, 3.63) is 40.7 Å². The molecule has 0 bridgehead atoms. The summed E-state index contributed by atoms with van der Waals surface area (Å²) in [7, 11) is 1.53. The zero-order chi connectivity index (χ0) is 13.8. The van der Waals surface area contributed by atoms with Gasteiger partial charge in [-0.2, -0.15) is 5.10 Å². The lowest BCUT2D eigenvalue weighted by Gasteiger charge is -2.12. The van der Waals surface area contributed by atoms with Gasteiger partial charge in [0.25, 0.3) is 0 Å². The first-order chi connectivity index (χ1) is 9.10. The van der Waals surface area contributed by atoms with E-state index in [0.29, 0.717) is 16.5 Å². The Bertz CT molecular complexity index is 582. The maximum Gasteiger partial charge on any atom is 0.230 e. The molecule has 2 N–H and O–H groups in total. The van der Waals surface area contributed by atoms with Crippen molar-refractivity contribution in [1.82, 2.24) is 10.2 Å². The fraction of sp³-hybridized carbons (Fsp3) is 0.231. The SMILES string of the molecule is COc1cc(Cl)c(C)cc1NC(=O)Cc1ccn[nH]1. The highest BCUT2D eigenvalue weighted by Gasteiger charge is 2.11. The third-order valence-corrected chi connectivity index (χ3v) is 3.07. The normalized spacial score (nSPS) is 10.3. The number of nitrogens with one attached hydrogen (secondary N) is 2. The van der Waals surface area contributed by atoms with Gasteiger partial charge in [-0.3, -0.25) is 9.89 Å². The van der Waals surface area contributed by atoms with E-state index in [0.717, 1.165) is 11.3 Å². The number of aromatic amines is 1. The number of amides is 1. The Kier molecular flexibility index (Phi) is 4.06. The predicted molar refractivity (Wildman–Crippen MR) is 73.7 cm³/mol. The van der Waals surface area contributed by atoms with E-state index in [1.54, 1.807) is 24.4 Å². The van der Waals surface area contributed by atoms with E-state index in [2.05, 4.69) is 15.5 Å². The molecule has 0 aliphatic rings. The van der Waals surface area contributed by atoms with Crippen molar-refractivity contribution in [1.29, 1.82) is 0 Å². The third-order valence-electron chi connectivity index (χ3n) is 2.66. The Morgan fingerprint density at radius 3 is 2.95 bits per heavy atom. The Balaban J connectivity index is 2.14. The summed E-state index contributed by atoms with van der Waals surface area (Å²) in [6, 6.07) is 5.22. The van der Waals surface area contributed by atoms with Gasteiger partial charge >= 0.3 is 0 Å². The average Bonchev–Trinajstić information content (AvgIpc) is 2.86. The zero-order valence-electron chi connectivity index (χ0n) is 10.7. The first kappa shape index (κ1) is 13.4. The van der Waals surface area contributed by atoms with E-state index in [1.165, 1.54) is 7.11 Å². The van der Waals surface area contributed by atoms with E-state index < -0.39 is 0 Å². The summed E-state index contributed by atoms with van der Waals surface area (Å²) in [5, 5.41) is 9.93. The van der Waals surface area contributed by atoms with Crippen LogP contribution in [0.15, 0.2) is 24.4 Å². The van der Waals surface area contributed by atoms with Crippen LogP contribution in [0, 0.1) is 6.92 Å². The fourth-order valence-corrected chi connectivity index (χ4v) is 1.83. The third kappa shape index (κ3) is 3.26. The Hall–Kier alpha value is -2.01. The highest BCUT2D eigenvalue weighted by molar-refractivity contribution is 6.31. The van der Waals surface area contributed by atoms with Gasteiger partial charge in [0.15, 0.2) is 0 Å². The first-order valence-electron chi connectivity index (χ1n) is 5.72. The average molecular weight is 280 g/mol. The van der Waals surface area contributed by atoms with E-state index in [4.69, 9.17) is 16.3 Å². The first-order valence-corrected chi connectivity index (χ1v) is 6.10. The van der Waals surface area contributed by atoms with Crippen molar-refractivity contribution in [3.63, 3.8) is 0 Å². The highest BCUT2D eigenvalue weighted by Crippen LogP contribution is 2.30. The molecule has 0 fully saturated rings. The Morgan fingerprint density at radius 2 is 2.32 bits per heavy atom. The quantitative estimate of drug-likeness (QED) is 0.904. The summed E-state index contributed by atoms with van der Waals surface area (Å²) in [5.41, 5.74) is 2.23. The van der Waals surface area contributed by atoms with Gasteiger partial charge in [0.1, 0.15) is 5.75 Å². The largest absolute Gasteiger partial charge is 0.495 e. The molecule has 100 valence electrons. The number of rotatable bonds is 4. The number of hydrogen-bond donors (Lipinski definition) is 2. The van der Waals surface area contributed by atoms with Gasteiger partial charge in [0.05, 0.1) is 19.2 Å². The molecule has 19 heavy (non-hydrogen) atoms. The fourth-order valence-electron chi connectivity index (χ4n) is 1.68. The molecular weight excluding hydrogens is 266 g/mol. The molecule has 0 saturated carbocycles. The minimum absolute atomic E-state index is 0.149. The molecule has 0 radical (unpaired) electrons. The van der Waals surface area contributed by atoms with Crippen molar-refractivity contribution in [2.75, 3.05) is 12.4 Å². The van der Waals surface area contributed by atoms with E-state index in [1.807, 2.05) is 6.92 Å².